The number of rotatable bonds is 24. The van der Waals surface area contributed by atoms with Crippen molar-refractivity contribution in [2.45, 2.75) is 153 Å². The summed E-state index contributed by atoms with van der Waals surface area (Å²) in [6.07, 6.45) is 26.6. The Bertz CT molecular complexity index is 1030. The van der Waals surface area contributed by atoms with Crippen molar-refractivity contribution in [1.82, 2.24) is 0 Å². The van der Waals surface area contributed by atoms with Crippen LogP contribution in [-0.2, 0) is 30.9 Å². The van der Waals surface area contributed by atoms with Crippen molar-refractivity contribution >= 4 is 21.5 Å². The van der Waals surface area contributed by atoms with Crippen LogP contribution in [0.15, 0.2) is 46.2 Å². The van der Waals surface area contributed by atoms with Crippen molar-refractivity contribution in [2.75, 3.05) is 19.8 Å². The second kappa shape index (κ2) is 24.8. The van der Waals surface area contributed by atoms with E-state index in [1.165, 1.54) is 108 Å². The molecule has 9 heteroatoms. The summed E-state index contributed by atoms with van der Waals surface area (Å²) in [6, 6.07) is 5.78. The van der Waals surface area contributed by atoms with Crippen molar-refractivity contribution < 1.29 is 31.7 Å². The van der Waals surface area contributed by atoms with Gasteiger partial charge in [0.05, 0.1) is 23.5 Å². The normalized spacial score (nSPS) is 16.6. The number of ether oxygens (including phenoxy) is 3. The number of unbranched alkanes of at least 4 members (excludes halogenated alkanes) is 15. The van der Waals surface area contributed by atoms with Gasteiger partial charge >= 0.3 is 0 Å². The van der Waals surface area contributed by atoms with Gasteiger partial charge in [0.15, 0.2) is 12.5 Å². The van der Waals surface area contributed by atoms with E-state index in [-0.39, 0.29) is 17.3 Å². The Morgan fingerprint density at radius 3 is 2.00 bits per heavy atom. The molecule has 2 atom stereocenters. The van der Waals surface area contributed by atoms with E-state index >= 15 is 0 Å². The summed E-state index contributed by atoms with van der Waals surface area (Å²) in [7, 11) is -4.27. The number of aromatic nitrogens is 1. The molecule has 0 radical (unpaired) electrons. The van der Waals surface area contributed by atoms with Crippen molar-refractivity contribution in [2.24, 2.45) is 0 Å². The Morgan fingerprint density at radius 1 is 0.864 bits per heavy atom. The molecule has 44 heavy (non-hydrogen) atoms. The molecule has 0 bridgehead atoms. The van der Waals surface area contributed by atoms with Crippen LogP contribution in [-0.4, -0.2) is 45.2 Å². The first kappa shape index (κ1) is 38.8. The fraction of sp³-hybridized carbons (Fsp3) is 0.743. The predicted molar refractivity (Wildman–Crippen MR) is 178 cm³/mol. The lowest BCUT2D eigenvalue weighted by Crippen LogP contribution is -2.30. The fourth-order valence-electron chi connectivity index (χ4n) is 5.24. The first-order valence-electron chi connectivity index (χ1n) is 17.2. The SMILES string of the molecule is CCCCCCCCCCCCCCCCCC1OCC(COCCCC[n+]2ccsc2)O1.Cc1ccc(S(=O)(=O)[O-])cc1. The van der Waals surface area contributed by atoms with Crippen molar-refractivity contribution in [3.05, 3.63) is 46.9 Å². The van der Waals surface area contributed by atoms with E-state index in [2.05, 4.69) is 28.6 Å². The molecular weight excluding hydrogens is 595 g/mol. The molecule has 0 saturated carbocycles. The smallest absolute Gasteiger partial charge is 0.224 e. The Morgan fingerprint density at radius 2 is 1.45 bits per heavy atom. The van der Waals surface area contributed by atoms with E-state index in [0.29, 0.717) is 13.2 Å². The summed E-state index contributed by atoms with van der Waals surface area (Å²) in [6.45, 7) is 7.36. The zero-order chi connectivity index (χ0) is 31.7. The van der Waals surface area contributed by atoms with E-state index in [9.17, 15) is 13.0 Å². The molecule has 1 aliphatic rings. The molecule has 1 saturated heterocycles. The molecule has 2 unspecified atom stereocenters. The number of nitrogens with zero attached hydrogens (tertiary/aromatic N) is 1. The molecule has 7 nitrogen and oxygen atoms in total. The van der Waals surface area contributed by atoms with Crippen LogP contribution in [0.2, 0.25) is 0 Å². The van der Waals surface area contributed by atoms with Crippen LogP contribution in [0.4, 0.5) is 0 Å². The molecule has 0 aliphatic carbocycles. The van der Waals surface area contributed by atoms with Crippen LogP contribution in [0, 0.1) is 6.92 Å². The maximum Gasteiger partial charge on any atom is 0.224 e. The molecule has 0 spiro atoms. The second-order valence-electron chi connectivity index (χ2n) is 12.1. The molecule has 2 aromatic rings. The predicted octanol–water partition coefficient (Wildman–Crippen LogP) is 8.73. The highest BCUT2D eigenvalue weighted by molar-refractivity contribution is 7.85. The summed E-state index contributed by atoms with van der Waals surface area (Å²) in [5.74, 6) is 0. The summed E-state index contributed by atoms with van der Waals surface area (Å²) in [4.78, 5) is -0.178. The molecule has 2 heterocycles. The molecule has 1 fully saturated rings. The third-order valence-corrected chi connectivity index (χ3v) is 9.47. The largest absolute Gasteiger partial charge is 0.744 e. The van der Waals surface area contributed by atoms with Crippen LogP contribution < -0.4 is 4.57 Å². The van der Waals surface area contributed by atoms with Crippen LogP contribution >= 0.6 is 11.3 Å². The molecule has 0 N–H and O–H groups in total. The minimum Gasteiger partial charge on any atom is -0.744 e. The van der Waals surface area contributed by atoms with Crippen LogP contribution in [0.5, 0.6) is 0 Å². The first-order valence-corrected chi connectivity index (χ1v) is 19.5. The Hall–Kier alpha value is -1.36. The lowest BCUT2D eigenvalue weighted by atomic mass is 10.0. The monoisotopic (exact) mass is 653 g/mol. The average molecular weight is 654 g/mol. The highest BCUT2D eigenvalue weighted by Gasteiger charge is 2.25. The van der Waals surface area contributed by atoms with Crippen molar-refractivity contribution in [3.8, 4) is 0 Å². The molecule has 1 aliphatic heterocycles. The van der Waals surface area contributed by atoms with Gasteiger partial charge in [0.2, 0.25) is 5.51 Å². The van der Waals surface area contributed by atoms with Gasteiger partial charge < -0.3 is 18.8 Å². The fourth-order valence-corrected chi connectivity index (χ4v) is 6.33. The van der Waals surface area contributed by atoms with Crippen LogP contribution in [0.1, 0.15) is 128 Å². The highest BCUT2D eigenvalue weighted by atomic mass is 32.2. The Balaban J connectivity index is 0.000000514. The molecule has 0 amide bonds. The van der Waals surface area contributed by atoms with Gasteiger partial charge in [0, 0.05) is 13.0 Å². The summed E-state index contributed by atoms with van der Waals surface area (Å²) >= 11 is 1.74. The maximum absolute atomic E-state index is 10.4. The Labute approximate surface area is 272 Å². The minimum atomic E-state index is -4.27. The molecular formula is C35H59NO6S2. The van der Waals surface area contributed by atoms with E-state index in [1.54, 1.807) is 23.5 Å². The zero-order valence-electron chi connectivity index (χ0n) is 27.5. The van der Waals surface area contributed by atoms with Gasteiger partial charge in [-0.2, -0.15) is 4.57 Å². The summed E-state index contributed by atoms with van der Waals surface area (Å²) < 4.78 is 51.0. The van der Waals surface area contributed by atoms with E-state index < -0.39 is 10.1 Å². The van der Waals surface area contributed by atoms with Crippen molar-refractivity contribution in [3.63, 3.8) is 0 Å². The van der Waals surface area contributed by atoms with Gasteiger partial charge in [-0.15, -0.1) is 0 Å². The van der Waals surface area contributed by atoms with E-state index in [4.69, 9.17) is 14.2 Å². The minimum absolute atomic E-state index is 0.00411. The lowest BCUT2D eigenvalue weighted by molar-refractivity contribution is -0.692. The molecule has 252 valence electrons. The van der Waals surface area contributed by atoms with E-state index in [1.807, 2.05) is 6.92 Å². The van der Waals surface area contributed by atoms with Crippen LogP contribution in [0.25, 0.3) is 0 Å². The molecule has 3 rings (SSSR count). The third kappa shape index (κ3) is 19.9. The highest BCUT2D eigenvalue weighted by Crippen LogP contribution is 2.19. The third-order valence-electron chi connectivity index (χ3n) is 7.95. The number of thiazole rings is 1. The van der Waals surface area contributed by atoms with Crippen LogP contribution in [0.3, 0.4) is 0 Å². The van der Waals surface area contributed by atoms with Crippen molar-refractivity contribution in [1.29, 1.82) is 0 Å². The molecule has 1 aromatic carbocycles. The number of benzene rings is 1. The van der Waals surface area contributed by atoms with Gasteiger partial charge in [-0.1, -0.05) is 126 Å². The lowest BCUT2D eigenvalue weighted by Gasteiger charge is -2.11. The standard InChI is InChI=1S/C28H52NO3S.C7H8O3S/c1-2-3-4-5-6-7-8-9-10-11-12-13-14-15-16-19-28-31-25-27(32-28)24-30-22-18-17-20-29-21-23-33-26-29;1-6-2-4-7(5-3-6)11(8,9)10/h21,23,26-28H,2-20,22,24-25H2,1H3;2-5H,1H3,(H,8,9,10)/q+1;/p-1. The maximum atomic E-state index is 10.4. The Kier molecular flexibility index (Phi) is 21.9. The number of aryl methyl sites for hydroxylation is 2. The second-order valence-corrected chi connectivity index (χ2v) is 14.2. The van der Waals surface area contributed by atoms with Gasteiger partial charge in [-0.05, 0) is 38.3 Å². The topological polar surface area (TPSA) is 88.8 Å². The zero-order valence-corrected chi connectivity index (χ0v) is 29.1. The first-order chi connectivity index (χ1) is 21.4. The summed E-state index contributed by atoms with van der Waals surface area (Å²) in [5.41, 5.74) is 3.08. The van der Waals surface area contributed by atoms with E-state index in [0.717, 1.165) is 38.0 Å². The van der Waals surface area contributed by atoms with Gasteiger partial charge in [0.1, 0.15) is 22.8 Å². The summed E-state index contributed by atoms with van der Waals surface area (Å²) in [5, 5.41) is 2.11. The van der Waals surface area contributed by atoms with Gasteiger partial charge in [0.25, 0.3) is 0 Å². The number of hydrogen-bond acceptors (Lipinski definition) is 7. The van der Waals surface area contributed by atoms with Gasteiger partial charge in [-0.3, -0.25) is 0 Å². The van der Waals surface area contributed by atoms with Gasteiger partial charge in [-0.25, -0.2) is 8.42 Å². The average Bonchev–Trinajstić information content (AvgIpc) is 3.69. The number of hydrogen-bond donors (Lipinski definition) is 0. The quantitative estimate of drug-likeness (QED) is 0.0640. The molecule has 1 aromatic heterocycles.